The van der Waals surface area contributed by atoms with E-state index in [1.807, 2.05) is 125 Å². The van der Waals surface area contributed by atoms with E-state index in [0.29, 0.717) is 36.1 Å². The van der Waals surface area contributed by atoms with E-state index in [1.165, 1.54) is 63.2 Å². The van der Waals surface area contributed by atoms with Gasteiger partial charge in [0.05, 0.1) is 13.1 Å². The second kappa shape index (κ2) is 29.3. The summed E-state index contributed by atoms with van der Waals surface area (Å²) in [6.07, 6.45) is 2.18. The molecule has 2 aromatic carbocycles. The van der Waals surface area contributed by atoms with Crippen LogP contribution in [0.1, 0.15) is 166 Å². The van der Waals surface area contributed by atoms with E-state index in [9.17, 15) is 28.8 Å². The van der Waals surface area contributed by atoms with Gasteiger partial charge in [-0.05, 0) is 123 Å². The number of hydrogen-bond donors (Lipinski definition) is 0. The Labute approximate surface area is 507 Å². The summed E-state index contributed by atoms with van der Waals surface area (Å²) in [7, 11) is 5.63. The van der Waals surface area contributed by atoms with Gasteiger partial charge in [-0.15, -0.1) is 0 Å². The van der Waals surface area contributed by atoms with Crippen molar-refractivity contribution in [2.45, 2.75) is 207 Å². The van der Waals surface area contributed by atoms with Gasteiger partial charge in [0.25, 0.3) is 23.6 Å². The van der Waals surface area contributed by atoms with Gasteiger partial charge in [-0.3, -0.25) is 28.5 Å². The van der Waals surface area contributed by atoms with E-state index >= 15 is 9.59 Å². The first-order valence-corrected chi connectivity index (χ1v) is 30.8. The Kier molecular flexibility index (Phi) is 22.6. The lowest BCUT2D eigenvalue weighted by Crippen LogP contribution is -2.55. The smallest absolute Gasteiger partial charge is 0.329 e. The number of esters is 4. The van der Waals surface area contributed by atoms with E-state index in [0.717, 1.165) is 46.6 Å². The molecular formula is C66H92N8O12. The highest BCUT2D eigenvalue weighted by atomic mass is 16.6. The van der Waals surface area contributed by atoms with Crippen LogP contribution in [0.4, 0.5) is 0 Å². The minimum atomic E-state index is -1.53. The lowest BCUT2D eigenvalue weighted by atomic mass is 9.99. The first-order chi connectivity index (χ1) is 40.7. The zero-order chi connectivity index (χ0) is 62.8. The maximum Gasteiger partial charge on any atom is 0.329 e. The van der Waals surface area contributed by atoms with Gasteiger partial charge in [-0.1, -0.05) is 104 Å². The van der Waals surface area contributed by atoms with E-state index in [4.69, 9.17) is 18.9 Å². The van der Waals surface area contributed by atoms with Gasteiger partial charge in [0.2, 0.25) is 0 Å². The van der Waals surface area contributed by atoms with Crippen molar-refractivity contribution in [1.82, 2.24) is 39.2 Å². The standard InChI is InChI=1S/C66H92N8O12/c1-39(2)31-53-63(79)83-43(9)59(75)69(11)56(34-42(7)8)66(82)86-58(36-46-17-21-48(22-18-46)38-74-52(28-30-68-74)50-25-26-50)62(78)72(14)54(32-40(3)4)64(80)84-44(10)60(76)70(12)55(33-41(5)6)65(81)85-57(61(77)71(53)13)35-45-15-19-47(20-16-45)37-73-51(27-29-67-73)49-23-24-49/h15-22,27-30,39-44,49-50,53-58H,23-26,31-38H2,1-14H3/t43-,44-,53+,54?,55+,56+,57-,58-/m1/s1. The second-order valence-electron chi connectivity index (χ2n) is 25.8. The van der Waals surface area contributed by atoms with Crippen LogP contribution in [0.5, 0.6) is 0 Å². The Morgan fingerprint density at radius 3 is 0.942 bits per heavy atom. The molecule has 3 aliphatic rings. The molecule has 3 heterocycles. The lowest BCUT2D eigenvalue weighted by Gasteiger charge is -2.35. The third kappa shape index (κ3) is 17.4. The Bertz CT molecular complexity index is 2780. The molecule has 2 aliphatic carbocycles. The van der Waals surface area contributed by atoms with Crippen LogP contribution < -0.4 is 0 Å². The van der Waals surface area contributed by atoms with Gasteiger partial charge in [0, 0.05) is 76.6 Å². The molecule has 0 radical (unpaired) electrons. The zero-order valence-corrected chi connectivity index (χ0v) is 53.0. The molecule has 0 bridgehead atoms. The van der Waals surface area contributed by atoms with Crippen LogP contribution in [0.3, 0.4) is 0 Å². The van der Waals surface area contributed by atoms with Gasteiger partial charge < -0.3 is 38.5 Å². The van der Waals surface area contributed by atoms with Gasteiger partial charge in [0.1, 0.15) is 24.2 Å². The summed E-state index contributed by atoms with van der Waals surface area (Å²) in [5.74, 6) is -6.34. The molecule has 3 fully saturated rings. The number of carbonyl (C=O) groups is 8. The molecule has 0 N–H and O–H groups in total. The van der Waals surface area contributed by atoms with Crippen molar-refractivity contribution in [3.05, 3.63) is 107 Å². The molecule has 2 aromatic heterocycles. The number of hydrogen-bond acceptors (Lipinski definition) is 14. The summed E-state index contributed by atoms with van der Waals surface area (Å²) < 4.78 is 28.4. The highest BCUT2D eigenvalue weighted by molar-refractivity contribution is 5.94. The van der Waals surface area contributed by atoms with Gasteiger partial charge in [-0.2, -0.15) is 10.2 Å². The molecule has 2 saturated carbocycles. The first-order valence-electron chi connectivity index (χ1n) is 30.8. The number of rotatable bonds is 18. The molecule has 4 aromatic rings. The second-order valence-corrected chi connectivity index (χ2v) is 25.8. The number of ether oxygens (including phenoxy) is 4. The van der Waals surface area contributed by atoms with Crippen LogP contribution in [0.2, 0.25) is 0 Å². The quantitative estimate of drug-likeness (QED) is 0.0683. The van der Waals surface area contributed by atoms with Gasteiger partial charge >= 0.3 is 23.9 Å². The first kappa shape index (κ1) is 66.2. The van der Waals surface area contributed by atoms with Crippen LogP contribution in [0.15, 0.2) is 73.1 Å². The van der Waals surface area contributed by atoms with Crippen molar-refractivity contribution in [2.24, 2.45) is 23.7 Å². The average Bonchev–Trinajstić information content (AvgIpc) is 1.96. The van der Waals surface area contributed by atoms with Crippen LogP contribution >= 0.6 is 0 Å². The van der Waals surface area contributed by atoms with E-state index in [2.05, 4.69) is 10.2 Å². The predicted octanol–water partition coefficient (Wildman–Crippen LogP) is 7.91. The average molecular weight is 1190 g/mol. The number of benzene rings is 2. The van der Waals surface area contributed by atoms with Crippen LogP contribution in [0, 0.1) is 23.7 Å². The highest BCUT2D eigenvalue weighted by Gasteiger charge is 2.43. The number of cyclic esters (lactones) is 4. The third-order valence-electron chi connectivity index (χ3n) is 16.5. The van der Waals surface area contributed by atoms with Crippen molar-refractivity contribution in [1.29, 1.82) is 0 Å². The fourth-order valence-electron chi connectivity index (χ4n) is 11.2. The molecule has 7 rings (SSSR count). The minimum absolute atomic E-state index is 0.0892. The summed E-state index contributed by atoms with van der Waals surface area (Å²) in [4.78, 5) is 123. The molecule has 0 spiro atoms. The van der Waals surface area contributed by atoms with Gasteiger partial charge in [-0.25, -0.2) is 19.2 Å². The Balaban J connectivity index is 1.23. The molecule has 4 amide bonds. The number of carbonyl (C=O) groups excluding carboxylic acids is 8. The highest BCUT2D eigenvalue weighted by Crippen LogP contribution is 2.41. The van der Waals surface area contributed by atoms with Crippen LogP contribution in [-0.4, -0.2) is 163 Å². The van der Waals surface area contributed by atoms with Crippen molar-refractivity contribution >= 4 is 47.5 Å². The van der Waals surface area contributed by atoms with Crippen molar-refractivity contribution in [3.63, 3.8) is 0 Å². The summed E-state index contributed by atoms with van der Waals surface area (Å²) in [5.41, 5.74) is 5.54. The number of amides is 4. The van der Waals surface area contributed by atoms with Gasteiger partial charge in [0.15, 0.2) is 24.4 Å². The van der Waals surface area contributed by atoms with E-state index < -0.39 is 96.1 Å². The topological polar surface area (TPSA) is 222 Å². The van der Waals surface area contributed by atoms with Crippen molar-refractivity contribution < 1.29 is 57.3 Å². The normalized spacial score (nSPS) is 24.2. The number of likely N-dealkylation sites (N-methyl/N-ethyl adjacent to an activating group) is 4. The SMILES string of the molecule is CC(C)CC1C(=O)O[C@H](C)C(=O)N(C)[C@@H](CC(C)C)C(=O)O[C@H](Cc2ccc(Cn3nccc3C3CC3)cc2)C(=O)N(C)[C@@H](CC(C)C)C(=O)O[C@H](C)C(=O)N(C)[C@@H](CC(C)C)C(=O)O[C@H](Cc2ccc(Cn3nccc3C3CC3)cc2)C(=O)N1C. The maximum absolute atomic E-state index is 15.1. The van der Waals surface area contributed by atoms with E-state index in [-0.39, 0.29) is 62.2 Å². The minimum Gasteiger partial charge on any atom is -0.451 e. The lowest BCUT2D eigenvalue weighted by molar-refractivity contribution is -0.176. The third-order valence-corrected chi connectivity index (χ3v) is 16.5. The van der Waals surface area contributed by atoms with Crippen LogP contribution in [0.25, 0.3) is 0 Å². The van der Waals surface area contributed by atoms with Crippen molar-refractivity contribution in [3.8, 4) is 0 Å². The molecule has 1 unspecified atom stereocenters. The molecule has 468 valence electrons. The fourth-order valence-corrected chi connectivity index (χ4v) is 11.2. The Morgan fingerprint density at radius 1 is 0.395 bits per heavy atom. The molecular weight excluding hydrogens is 1100 g/mol. The summed E-state index contributed by atoms with van der Waals surface area (Å²) in [6.45, 7) is 18.7. The van der Waals surface area contributed by atoms with Crippen LogP contribution in [-0.2, 0) is 83.2 Å². The molecule has 86 heavy (non-hydrogen) atoms. The zero-order valence-electron chi connectivity index (χ0n) is 53.0. The predicted molar refractivity (Wildman–Crippen MR) is 322 cm³/mol. The molecule has 8 atom stereocenters. The molecule has 1 aliphatic heterocycles. The molecule has 20 nitrogen and oxygen atoms in total. The largest absolute Gasteiger partial charge is 0.451 e. The Morgan fingerprint density at radius 2 is 0.663 bits per heavy atom. The number of aromatic nitrogens is 4. The fraction of sp³-hybridized carbons (Fsp3) is 0.606. The Hall–Kier alpha value is -7.38. The van der Waals surface area contributed by atoms with E-state index in [1.54, 1.807) is 12.4 Å². The summed E-state index contributed by atoms with van der Waals surface area (Å²) >= 11 is 0. The number of nitrogens with zero attached hydrogens (tertiary/aromatic N) is 8. The molecule has 1 saturated heterocycles. The summed E-state index contributed by atoms with van der Waals surface area (Å²) in [6, 6.07) is 14.0. The summed E-state index contributed by atoms with van der Waals surface area (Å²) in [5, 5.41) is 9.09. The van der Waals surface area contributed by atoms with Crippen molar-refractivity contribution in [2.75, 3.05) is 28.2 Å². The molecule has 20 heteroatoms. The maximum atomic E-state index is 15.1. The monoisotopic (exact) mass is 1190 g/mol.